The molecule has 0 amide bonds. The highest BCUT2D eigenvalue weighted by atomic mass is 16.5. The molecule has 5 nitrogen and oxygen atoms in total. The number of aryl methyl sites for hydroxylation is 1. The van der Waals surface area contributed by atoms with E-state index in [1.54, 1.807) is 14.2 Å². The summed E-state index contributed by atoms with van der Waals surface area (Å²) in [6.45, 7) is 4.13. The first-order chi connectivity index (χ1) is 9.12. The first-order valence-corrected chi connectivity index (χ1v) is 6.50. The predicted molar refractivity (Wildman–Crippen MR) is 77.9 cm³/mol. The molecule has 0 aromatic heterocycles. The Morgan fingerprint density at radius 1 is 1.26 bits per heavy atom. The summed E-state index contributed by atoms with van der Waals surface area (Å²) in [4.78, 5) is 0. The fourth-order valence-electron chi connectivity index (χ4n) is 1.96. The Bertz CT molecular complexity index is 397. The van der Waals surface area contributed by atoms with Crippen molar-refractivity contribution in [1.82, 2.24) is 5.32 Å². The molecule has 0 aliphatic rings. The molecular weight excluding hydrogens is 242 g/mol. The average Bonchev–Trinajstić information content (AvgIpc) is 2.43. The molecule has 1 rings (SSSR count). The third kappa shape index (κ3) is 4.70. The number of nitrogens with two attached hydrogens (primary N) is 2. The number of ether oxygens (including phenoxy) is 2. The maximum atomic E-state index is 5.75. The summed E-state index contributed by atoms with van der Waals surface area (Å²) in [6.07, 6.45) is 0.885. The molecule has 0 aliphatic carbocycles. The minimum Gasteiger partial charge on any atom is -0.497 e. The number of nitrogens with one attached hydrogen (secondary N) is 1. The average molecular weight is 267 g/mol. The van der Waals surface area contributed by atoms with Crippen LogP contribution < -0.4 is 26.3 Å². The van der Waals surface area contributed by atoms with Crippen molar-refractivity contribution in [1.29, 1.82) is 0 Å². The number of methoxy groups -OCH3 is 2. The van der Waals surface area contributed by atoms with Gasteiger partial charge >= 0.3 is 0 Å². The molecule has 5 heteroatoms. The Morgan fingerprint density at radius 2 is 2.00 bits per heavy atom. The van der Waals surface area contributed by atoms with E-state index < -0.39 is 0 Å². The summed E-state index contributed by atoms with van der Waals surface area (Å²) in [5, 5.41) is 3.30. The van der Waals surface area contributed by atoms with Gasteiger partial charge in [-0.1, -0.05) is 0 Å². The lowest BCUT2D eigenvalue weighted by Gasteiger charge is -2.15. The van der Waals surface area contributed by atoms with Gasteiger partial charge in [0.05, 0.1) is 14.2 Å². The lowest BCUT2D eigenvalue weighted by Crippen LogP contribution is -2.40. The van der Waals surface area contributed by atoms with Crippen LogP contribution in [-0.4, -0.2) is 39.9 Å². The van der Waals surface area contributed by atoms with E-state index in [1.165, 1.54) is 11.1 Å². The summed E-state index contributed by atoms with van der Waals surface area (Å²) in [6, 6.07) is 3.94. The highest BCUT2D eigenvalue weighted by molar-refractivity contribution is 5.46. The molecule has 0 fully saturated rings. The highest BCUT2D eigenvalue weighted by Gasteiger charge is 2.09. The fraction of sp³-hybridized carbons (Fsp3) is 0.571. The molecule has 108 valence electrons. The largest absolute Gasteiger partial charge is 0.497 e. The Labute approximate surface area is 115 Å². The molecule has 0 spiro atoms. The molecule has 5 N–H and O–H groups in total. The molecular formula is C14H25N3O2. The van der Waals surface area contributed by atoms with Crippen LogP contribution in [0.1, 0.15) is 11.1 Å². The van der Waals surface area contributed by atoms with E-state index in [0.717, 1.165) is 31.0 Å². The Kier molecular flexibility index (Phi) is 6.62. The minimum atomic E-state index is 0.0128. The highest BCUT2D eigenvalue weighted by Crippen LogP contribution is 2.28. The summed E-state index contributed by atoms with van der Waals surface area (Å²) >= 11 is 0. The van der Waals surface area contributed by atoms with Crippen LogP contribution in [-0.2, 0) is 6.42 Å². The first kappa shape index (κ1) is 15.8. The molecule has 0 saturated heterocycles. The summed E-state index contributed by atoms with van der Waals surface area (Å²) in [7, 11) is 3.33. The molecule has 1 aromatic carbocycles. The van der Waals surface area contributed by atoms with Crippen molar-refractivity contribution in [3.05, 3.63) is 23.3 Å². The Balaban J connectivity index is 2.62. The standard InChI is InChI=1S/C14H25N3O2/c1-10-6-12(18-2)7-14(19-3)13(10)4-5-17-9-11(16)8-15/h6-7,11,17H,4-5,8-9,15-16H2,1-3H3. The van der Waals surface area contributed by atoms with Crippen molar-refractivity contribution < 1.29 is 9.47 Å². The molecule has 0 bridgehead atoms. The van der Waals surface area contributed by atoms with Crippen LogP contribution in [0.25, 0.3) is 0 Å². The van der Waals surface area contributed by atoms with Crippen LogP contribution in [0.3, 0.4) is 0 Å². The van der Waals surface area contributed by atoms with Gasteiger partial charge in [0.1, 0.15) is 11.5 Å². The SMILES string of the molecule is COc1cc(C)c(CCNCC(N)CN)c(OC)c1. The Morgan fingerprint density at radius 3 is 2.58 bits per heavy atom. The van der Waals surface area contributed by atoms with E-state index in [-0.39, 0.29) is 6.04 Å². The number of benzene rings is 1. The third-order valence-electron chi connectivity index (χ3n) is 3.12. The van der Waals surface area contributed by atoms with E-state index >= 15 is 0 Å². The fourth-order valence-corrected chi connectivity index (χ4v) is 1.96. The van der Waals surface area contributed by atoms with E-state index in [2.05, 4.69) is 12.2 Å². The molecule has 1 aromatic rings. The number of hydrogen-bond acceptors (Lipinski definition) is 5. The lowest BCUT2D eigenvalue weighted by molar-refractivity contribution is 0.390. The maximum absolute atomic E-state index is 5.75. The lowest BCUT2D eigenvalue weighted by atomic mass is 10.0. The smallest absolute Gasteiger partial charge is 0.126 e. The predicted octanol–water partition coefficient (Wildman–Crippen LogP) is 0.430. The van der Waals surface area contributed by atoms with Crippen LogP contribution in [0.4, 0.5) is 0 Å². The minimum absolute atomic E-state index is 0.0128. The zero-order chi connectivity index (χ0) is 14.3. The molecule has 19 heavy (non-hydrogen) atoms. The van der Waals surface area contributed by atoms with Crippen LogP contribution in [0.5, 0.6) is 11.5 Å². The zero-order valence-electron chi connectivity index (χ0n) is 12.0. The van der Waals surface area contributed by atoms with Gasteiger partial charge in [0, 0.05) is 25.2 Å². The van der Waals surface area contributed by atoms with Crippen LogP contribution in [0.15, 0.2) is 12.1 Å². The maximum Gasteiger partial charge on any atom is 0.126 e. The Hall–Kier alpha value is -1.30. The number of rotatable bonds is 8. The molecule has 0 saturated carbocycles. The normalized spacial score (nSPS) is 12.3. The van der Waals surface area contributed by atoms with Gasteiger partial charge in [-0.25, -0.2) is 0 Å². The van der Waals surface area contributed by atoms with Crippen molar-refractivity contribution in [3.8, 4) is 11.5 Å². The van der Waals surface area contributed by atoms with Crippen molar-refractivity contribution in [2.75, 3.05) is 33.9 Å². The molecule has 1 atom stereocenters. The van der Waals surface area contributed by atoms with Crippen molar-refractivity contribution >= 4 is 0 Å². The van der Waals surface area contributed by atoms with Gasteiger partial charge in [0.25, 0.3) is 0 Å². The van der Waals surface area contributed by atoms with Gasteiger partial charge in [-0.15, -0.1) is 0 Å². The van der Waals surface area contributed by atoms with Gasteiger partial charge in [-0.05, 0) is 37.1 Å². The monoisotopic (exact) mass is 267 g/mol. The molecule has 0 heterocycles. The zero-order valence-corrected chi connectivity index (χ0v) is 12.0. The summed E-state index contributed by atoms with van der Waals surface area (Å²) in [5.41, 5.74) is 13.6. The summed E-state index contributed by atoms with van der Waals surface area (Å²) in [5.74, 6) is 1.68. The van der Waals surface area contributed by atoms with E-state index in [4.69, 9.17) is 20.9 Å². The van der Waals surface area contributed by atoms with Gasteiger partial charge < -0.3 is 26.3 Å². The van der Waals surface area contributed by atoms with E-state index in [0.29, 0.717) is 6.54 Å². The topological polar surface area (TPSA) is 82.5 Å². The molecule has 1 unspecified atom stereocenters. The quantitative estimate of drug-likeness (QED) is 0.595. The van der Waals surface area contributed by atoms with E-state index in [1.807, 2.05) is 12.1 Å². The number of hydrogen-bond donors (Lipinski definition) is 3. The van der Waals surface area contributed by atoms with Gasteiger partial charge in [-0.3, -0.25) is 0 Å². The second-order valence-electron chi connectivity index (χ2n) is 4.58. The van der Waals surface area contributed by atoms with Gasteiger partial charge in [-0.2, -0.15) is 0 Å². The van der Waals surface area contributed by atoms with Crippen LogP contribution in [0, 0.1) is 6.92 Å². The van der Waals surface area contributed by atoms with Crippen molar-refractivity contribution in [3.63, 3.8) is 0 Å². The first-order valence-electron chi connectivity index (χ1n) is 6.50. The van der Waals surface area contributed by atoms with Crippen molar-refractivity contribution in [2.45, 2.75) is 19.4 Å². The van der Waals surface area contributed by atoms with Crippen LogP contribution >= 0.6 is 0 Å². The van der Waals surface area contributed by atoms with Gasteiger partial charge in [0.15, 0.2) is 0 Å². The van der Waals surface area contributed by atoms with Crippen LogP contribution in [0.2, 0.25) is 0 Å². The molecule has 0 aliphatic heterocycles. The van der Waals surface area contributed by atoms with Gasteiger partial charge in [0.2, 0.25) is 0 Å². The second-order valence-corrected chi connectivity index (χ2v) is 4.58. The third-order valence-corrected chi connectivity index (χ3v) is 3.12. The summed E-state index contributed by atoms with van der Waals surface area (Å²) < 4.78 is 10.7. The van der Waals surface area contributed by atoms with E-state index in [9.17, 15) is 0 Å². The second kappa shape index (κ2) is 7.99. The molecule has 0 radical (unpaired) electrons. The van der Waals surface area contributed by atoms with Crippen molar-refractivity contribution in [2.24, 2.45) is 11.5 Å².